The van der Waals surface area contributed by atoms with Crippen LogP contribution < -0.4 is 5.73 Å². The monoisotopic (exact) mass is 283 g/mol. The van der Waals surface area contributed by atoms with E-state index in [4.69, 9.17) is 17.3 Å². The normalized spacial score (nSPS) is 11.9. The fraction of sp³-hybridized carbons (Fsp3) is 0.0625. The van der Waals surface area contributed by atoms with E-state index in [-0.39, 0.29) is 5.88 Å². The highest BCUT2D eigenvalue weighted by atomic mass is 35.5. The second kappa shape index (κ2) is 5.39. The van der Waals surface area contributed by atoms with E-state index in [1.165, 1.54) is 5.39 Å². The molecule has 0 spiro atoms. The molecule has 0 atom stereocenters. The third-order valence-corrected chi connectivity index (χ3v) is 3.39. The molecule has 1 heterocycles. The molecule has 0 radical (unpaired) electrons. The zero-order valence-corrected chi connectivity index (χ0v) is 11.6. The summed E-state index contributed by atoms with van der Waals surface area (Å²) in [7, 11) is 0. The lowest BCUT2D eigenvalue weighted by Crippen LogP contribution is -2.12. The average molecular weight is 284 g/mol. The second-order valence-electron chi connectivity index (χ2n) is 4.55. The van der Waals surface area contributed by atoms with Gasteiger partial charge < -0.3 is 10.7 Å². The third kappa shape index (κ3) is 2.53. The third-order valence-electron chi connectivity index (χ3n) is 3.12. The van der Waals surface area contributed by atoms with E-state index in [1.807, 2.05) is 36.4 Å². The highest BCUT2D eigenvalue weighted by Crippen LogP contribution is 2.25. The van der Waals surface area contributed by atoms with Gasteiger partial charge in [0, 0.05) is 16.6 Å². The first-order chi connectivity index (χ1) is 9.76. The molecule has 20 heavy (non-hydrogen) atoms. The topological polar surface area (TPSA) is 54.2 Å². The number of halogens is 1. The maximum atomic E-state index is 5.62. The largest absolute Gasteiger partial charge is 0.386 e. The highest BCUT2D eigenvalue weighted by molar-refractivity contribution is 6.28. The summed E-state index contributed by atoms with van der Waals surface area (Å²) in [5.41, 5.74) is 9.77. The molecule has 3 rings (SSSR count). The number of aromatic amines is 1. The van der Waals surface area contributed by atoms with Crippen LogP contribution in [0.15, 0.2) is 59.6 Å². The Morgan fingerprint density at radius 2 is 1.85 bits per heavy atom. The van der Waals surface area contributed by atoms with E-state index >= 15 is 0 Å². The number of nitrogens with two attached hydrogens (primary N) is 1. The lowest BCUT2D eigenvalue weighted by atomic mass is 10.1. The molecule has 2 aromatic carbocycles. The Balaban J connectivity index is 1.94. The second-order valence-corrected chi connectivity index (χ2v) is 4.82. The summed E-state index contributed by atoms with van der Waals surface area (Å²) in [6, 6.07) is 18.3. The minimum absolute atomic E-state index is 0.240. The van der Waals surface area contributed by atoms with Crippen LogP contribution in [0.1, 0.15) is 0 Å². The van der Waals surface area contributed by atoms with Crippen LogP contribution in [-0.2, 0) is 0 Å². The average Bonchev–Trinajstić information content (AvgIpc) is 2.91. The highest BCUT2D eigenvalue weighted by Gasteiger charge is 2.02. The number of aromatic nitrogens is 1. The number of amidine groups is 1. The molecule has 100 valence electrons. The quantitative estimate of drug-likeness (QED) is 0.425. The summed E-state index contributed by atoms with van der Waals surface area (Å²) in [6.45, 7) is 0. The fourth-order valence-electron chi connectivity index (χ4n) is 2.14. The first-order valence-corrected chi connectivity index (χ1v) is 6.87. The molecule has 0 aliphatic heterocycles. The van der Waals surface area contributed by atoms with Gasteiger partial charge in [0.2, 0.25) is 0 Å². The van der Waals surface area contributed by atoms with E-state index in [0.29, 0.717) is 5.84 Å². The van der Waals surface area contributed by atoms with Gasteiger partial charge >= 0.3 is 0 Å². The van der Waals surface area contributed by atoms with Crippen LogP contribution in [0.5, 0.6) is 0 Å². The van der Waals surface area contributed by atoms with Gasteiger partial charge in [-0.2, -0.15) is 0 Å². The number of para-hydroxylation sites is 1. The Morgan fingerprint density at radius 1 is 1.10 bits per heavy atom. The van der Waals surface area contributed by atoms with Gasteiger partial charge in [-0.15, -0.1) is 11.6 Å². The summed E-state index contributed by atoms with van der Waals surface area (Å²) < 4.78 is 0. The summed E-state index contributed by atoms with van der Waals surface area (Å²) >= 11 is 5.61. The fourth-order valence-corrected chi connectivity index (χ4v) is 2.20. The van der Waals surface area contributed by atoms with Gasteiger partial charge in [0.05, 0.1) is 11.6 Å². The Hall–Kier alpha value is -2.26. The van der Waals surface area contributed by atoms with Crippen LogP contribution in [0, 0.1) is 0 Å². The summed E-state index contributed by atoms with van der Waals surface area (Å²) in [5, 5.41) is 1.20. The first kappa shape index (κ1) is 12.8. The van der Waals surface area contributed by atoms with Crippen molar-refractivity contribution in [3.05, 3.63) is 54.6 Å². The van der Waals surface area contributed by atoms with Crippen molar-refractivity contribution < 1.29 is 0 Å². The van der Waals surface area contributed by atoms with Crippen molar-refractivity contribution >= 4 is 34.0 Å². The minimum atomic E-state index is 0.240. The standard InChI is InChI=1S/C16H14ClN3/c17-10-16(18)19-13-7-5-11(6-8-13)15-9-12-3-1-2-4-14(12)20-15/h1-9,20H,10H2,(H2,18,19). The number of benzene rings is 2. The van der Waals surface area contributed by atoms with Gasteiger partial charge in [-0.1, -0.05) is 30.3 Å². The van der Waals surface area contributed by atoms with Crippen molar-refractivity contribution in [2.45, 2.75) is 0 Å². The molecule has 0 saturated heterocycles. The molecule has 4 heteroatoms. The minimum Gasteiger partial charge on any atom is -0.386 e. The van der Waals surface area contributed by atoms with Crippen LogP contribution in [0.4, 0.5) is 5.69 Å². The van der Waals surface area contributed by atoms with E-state index in [0.717, 1.165) is 22.5 Å². The smallest absolute Gasteiger partial charge is 0.115 e. The Kier molecular flexibility index (Phi) is 3.44. The number of fused-ring (bicyclic) bond motifs is 1. The van der Waals surface area contributed by atoms with Crippen LogP contribution in [0.2, 0.25) is 0 Å². The SMILES string of the molecule is NC(CCl)=Nc1ccc(-c2cc3ccccc3[nH]2)cc1. The van der Waals surface area contributed by atoms with E-state index in [2.05, 4.69) is 28.2 Å². The molecule has 3 nitrogen and oxygen atoms in total. The van der Waals surface area contributed by atoms with Crippen molar-refractivity contribution in [1.82, 2.24) is 4.98 Å². The lowest BCUT2D eigenvalue weighted by molar-refractivity contribution is 1.42. The van der Waals surface area contributed by atoms with E-state index in [9.17, 15) is 0 Å². The van der Waals surface area contributed by atoms with Crippen molar-refractivity contribution in [2.75, 3.05) is 5.88 Å². The van der Waals surface area contributed by atoms with E-state index in [1.54, 1.807) is 0 Å². The zero-order valence-electron chi connectivity index (χ0n) is 10.8. The van der Waals surface area contributed by atoms with Gasteiger partial charge in [-0.3, -0.25) is 0 Å². The van der Waals surface area contributed by atoms with Crippen molar-refractivity contribution in [1.29, 1.82) is 0 Å². The molecule has 0 fully saturated rings. The van der Waals surface area contributed by atoms with E-state index < -0.39 is 0 Å². The molecular weight excluding hydrogens is 270 g/mol. The molecule has 0 unspecified atom stereocenters. The number of alkyl halides is 1. The first-order valence-electron chi connectivity index (χ1n) is 6.33. The number of rotatable bonds is 3. The Morgan fingerprint density at radius 3 is 2.55 bits per heavy atom. The molecule has 0 saturated carbocycles. The van der Waals surface area contributed by atoms with Gasteiger partial charge in [0.1, 0.15) is 5.84 Å². The predicted octanol–water partition coefficient (Wildman–Crippen LogP) is 4.06. The predicted molar refractivity (Wildman–Crippen MR) is 85.7 cm³/mol. The van der Waals surface area contributed by atoms with Crippen molar-refractivity contribution in [3.8, 4) is 11.3 Å². The molecule has 0 amide bonds. The lowest BCUT2D eigenvalue weighted by Gasteiger charge is -2.00. The Bertz CT molecular complexity index is 724. The Labute approximate surface area is 122 Å². The number of hydrogen-bond donors (Lipinski definition) is 2. The molecule has 0 aliphatic rings. The number of nitrogens with zero attached hydrogens (tertiary/aromatic N) is 1. The van der Waals surface area contributed by atoms with Crippen LogP contribution in [0.25, 0.3) is 22.2 Å². The van der Waals surface area contributed by atoms with Gasteiger partial charge in [0.25, 0.3) is 0 Å². The van der Waals surface area contributed by atoms with Crippen LogP contribution >= 0.6 is 11.6 Å². The van der Waals surface area contributed by atoms with Crippen LogP contribution in [0.3, 0.4) is 0 Å². The number of H-pyrrole nitrogens is 1. The summed E-state index contributed by atoms with van der Waals surface area (Å²) in [4.78, 5) is 7.61. The molecule has 0 aliphatic carbocycles. The van der Waals surface area contributed by atoms with Crippen molar-refractivity contribution in [2.24, 2.45) is 10.7 Å². The maximum Gasteiger partial charge on any atom is 0.115 e. The molecule has 0 bridgehead atoms. The molecule has 3 N–H and O–H groups in total. The summed E-state index contributed by atoms with van der Waals surface area (Å²) in [5.74, 6) is 0.661. The van der Waals surface area contributed by atoms with Gasteiger partial charge in [0.15, 0.2) is 0 Å². The zero-order chi connectivity index (χ0) is 13.9. The number of hydrogen-bond acceptors (Lipinski definition) is 1. The number of nitrogens with one attached hydrogen (secondary N) is 1. The molecular formula is C16H14ClN3. The molecule has 3 aromatic rings. The molecule has 1 aromatic heterocycles. The van der Waals surface area contributed by atoms with Crippen molar-refractivity contribution in [3.63, 3.8) is 0 Å². The summed E-state index contributed by atoms with van der Waals surface area (Å²) in [6.07, 6.45) is 0. The van der Waals surface area contributed by atoms with Gasteiger partial charge in [-0.25, -0.2) is 4.99 Å². The van der Waals surface area contributed by atoms with Crippen LogP contribution in [-0.4, -0.2) is 16.7 Å². The van der Waals surface area contributed by atoms with Gasteiger partial charge in [-0.05, 0) is 29.8 Å². The maximum absolute atomic E-state index is 5.62. The number of aliphatic imine (C=N–C) groups is 1.